The van der Waals surface area contributed by atoms with Crippen LogP contribution in [0.2, 0.25) is 30.7 Å². The number of hydrogen-bond donors (Lipinski definition) is 1. The standard InChI is InChI=1S/C28H32ClF4N3O5Si/c1-42(2,3)9-8-40-15-35-12-18(19(13-35)28(31,32)33)23(37)14-41-27(39)22-7-4-17-10-16(11-24(38)36(17)22)25-21(34)6-5-20(29)26(25)30/h5-6,11-13,17,22H,4,7-10,14-15,34H2,1-3H3/t17-,22+/m1/s1. The maximum Gasteiger partial charge on any atom is 0.418 e. The molecular weight excluding hydrogens is 598 g/mol. The lowest BCUT2D eigenvalue weighted by molar-refractivity contribution is -0.152. The van der Waals surface area contributed by atoms with Crippen LogP contribution in [-0.4, -0.2) is 60.5 Å². The van der Waals surface area contributed by atoms with E-state index < -0.39 is 67.5 Å². The minimum absolute atomic E-state index is 0.0287. The number of esters is 1. The highest BCUT2D eigenvalue weighted by atomic mass is 35.5. The Kier molecular flexibility index (Phi) is 9.24. The first kappa shape index (κ1) is 31.8. The second-order valence-corrected chi connectivity index (χ2v) is 17.7. The summed E-state index contributed by atoms with van der Waals surface area (Å²) in [6.45, 7) is 5.71. The van der Waals surface area contributed by atoms with E-state index in [-0.39, 0.29) is 35.8 Å². The molecule has 0 spiro atoms. The van der Waals surface area contributed by atoms with Gasteiger partial charge in [-0.3, -0.25) is 9.59 Å². The molecule has 2 aromatic rings. The molecule has 1 saturated heterocycles. The largest absolute Gasteiger partial charge is 0.456 e. The van der Waals surface area contributed by atoms with Gasteiger partial charge in [0.15, 0.2) is 12.4 Å². The molecular formula is C28H32ClF4N3O5Si. The van der Waals surface area contributed by atoms with Crippen molar-refractivity contribution in [3.05, 3.63) is 58.1 Å². The Morgan fingerprint density at radius 3 is 2.55 bits per heavy atom. The molecule has 2 atom stereocenters. The maximum absolute atomic E-state index is 14.7. The van der Waals surface area contributed by atoms with Crippen molar-refractivity contribution >= 4 is 48.6 Å². The van der Waals surface area contributed by atoms with Gasteiger partial charge >= 0.3 is 12.1 Å². The summed E-state index contributed by atoms with van der Waals surface area (Å²) in [6.07, 6.45) is -1.01. The first-order valence-corrected chi connectivity index (χ1v) is 17.5. The molecule has 1 fully saturated rings. The van der Waals surface area contributed by atoms with Crippen molar-refractivity contribution in [1.82, 2.24) is 9.47 Å². The number of fused-ring (bicyclic) bond motifs is 1. The SMILES string of the molecule is C[Si](C)(C)CCOCn1cc(C(=O)COC(=O)[C@@H]2CC[C@@H]3CC(c4c(N)ccc(Cl)c4F)=CC(=O)N32)c(C(F)(F)F)c1. The fourth-order valence-electron chi connectivity index (χ4n) is 5.14. The van der Waals surface area contributed by atoms with E-state index in [1.807, 2.05) is 0 Å². The molecule has 0 unspecified atom stereocenters. The highest BCUT2D eigenvalue weighted by molar-refractivity contribution is 6.76. The van der Waals surface area contributed by atoms with Crippen LogP contribution in [0.1, 0.15) is 40.7 Å². The van der Waals surface area contributed by atoms with Gasteiger partial charge in [0.1, 0.15) is 12.8 Å². The van der Waals surface area contributed by atoms with Crippen LogP contribution in [0.5, 0.6) is 0 Å². The Labute approximate surface area is 246 Å². The molecule has 42 heavy (non-hydrogen) atoms. The molecule has 0 aliphatic carbocycles. The smallest absolute Gasteiger partial charge is 0.418 e. The number of ether oxygens (including phenoxy) is 2. The molecule has 1 aromatic carbocycles. The summed E-state index contributed by atoms with van der Waals surface area (Å²) in [6, 6.07) is 2.07. The van der Waals surface area contributed by atoms with E-state index in [0.29, 0.717) is 18.6 Å². The van der Waals surface area contributed by atoms with Gasteiger partial charge < -0.3 is 24.7 Å². The van der Waals surface area contributed by atoms with E-state index in [1.54, 1.807) is 0 Å². The van der Waals surface area contributed by atoms with E-state index in [4.69, 9.17) is 26.8 Å². The van der Waals surface area contributed by atoms with E-state index in [1.165, 1.54) is 23.1 Å². The number of carbonyl (C=O) groups excluding carboxylic acids is 3. The lowest BCUT2D eigenvalue weighted by Gasteiger charge is -2.33. The number of amides is 1. The lowest BCUT2D eigenvalue weighted by Crippen LogP contribution is -2.47. The second-order valence-electron chi connectivity index (χ2n) is 11.7. The van der Waals surface area contributed by atoms with Crippen LogP contribution in [0.15, 0.2) is 30.6 Å². The number of nitrogens with zero attached hydrogens (tertiary/aromatic N) is 2. The molecule has 8 nitrogen and oxygen atoms in total. The summed E-state index contributed by atoms with van der Waals surface area (Å²) in [4.78, 5) is 40.0. The van der Waals surface area contributed by atoms with Gasteiger partial charge in [0.2, 0.25) is 11.7 Å². The molecule has 228 valence electrons. The van der Waals surface area contributed by atoms with Crippen molar-refractivity contribution in [1.29, 1.82) is 0 Å². The number of aromatic nitrogens is 1. The minimum atomic E-state index is -4.81. The fourth-order valence-corrected chi connectivity index (χ4v) is 6.05. The Balaban J connectivity index is 1.42. The summed E-state index contributed by atoms with van der Waals surface area (Å²) in [5.41, 5.74) is 4.62. The molecule has 1 aromatic heterocycles. The molecule has 2 aliphatic heterocycles. The Hall–Kier alpha value is -3.16. The predicted octanol–water partition coefficient (Wildman–Crippen LogP) is 5.77. The van der Waals surface area contributed by atoms with E-state index in [0.717, 1.165) is 23.0 Å². The third-order valence-corrected chi connectivity index (χ3v) is 9.29. The molecule has 2 aliphatic rings. The number of ketones is 1. The van der Waals surface area contributed by atoms with E-state index in [9.17, 15) is 31.9 Å². The van der Waals surface area contributed by atoms with Gasteiger partial charge in [-0.2, -0.15) is 13.2 Å². The van der Waals surface area contributed by atoms with Crippen LogP contribution >= 0.6 is 11.6 Å². The molecule has 1 amide bonds. The average molecular weight is 630 g/mol. The predicted molar refractivity (Wildman–Crippen MR) is 151 cm³/mol. The molecule has 4 rings (SSSR count). The van der Waals surface area contributed by atoms with Crippen LogP contribution in [0, 0.1) is 5.82 Å². The summed E-state index contributed by atoms with van der Waals surface area (Å²) in [7, 11) is -1.39. The molecule has 14 heteroatoms. The number of Topliss-reactive ketones (excluding diaryl/α,β-unsaturated/α-hetero) is 1. The highest BCUT2D eigenvalue weighted by Gasteiger charge is 2.44. The van der Waals surface area contributed by atoms with Crippen LogP contribution in [-0.2, 0) is 32.0 Å². The fraction of sp³-hybridized carbons (Fsp3) is 0.464. The van der Waals surface area contributed by atoms with E-state index in [2.05, 4.69) is 19.6 Å². The normalized spacial score (nSPS) is 19.1. The Morgan fingerprint density at radius 2 is 1.88 bits per heavy atom. The number of halogens is 5. The van der Waals surface area contributed by atoms with Crippen molar-refractivity contribution in [2.75, 3.05) is 18.9 Å². The third kappa shape index (κ3) is 7.06. The van der Waals surface area contributed by atoms with Gasteiger partial charge in [0.05, 0.1) is 16.1 Å². The van der Waals surface area contributed by atoms with Crippen LogP contribution in [0.3, 0.4) is 0 Å². The zero-order valence-corrected chi connectivity index (χ0v) is 25.1. The van der Waals surface area contributed by atoms with Gasteiger partial charge in [-0.25, -0.2) is 9.18 Å². The van der Waals surface area contributed by atoms with E-state index >= 15 is 0 Å². The first-order chi connectivity index (χ1) is 19.6. The van der Waals surface area contributed by atoms with Gasteiger partial charge in [-0.05, 0) is 43.0 Å². The topological polar surface area (TPSA) is 104 Å². The summed E-state index contributed by atoms with van der Waals surface area (Å²) >= 11 is 5.89. The van der Waals surface area contributed by atoms with Crippen LogP contribution in [0.25, 0.3) is 5.57 Å². The van der Waals surface area contributed by atoms with Gasteiger partial charge in [-0.1, -0.05) is 31.2 Å². The number of benzene rings is 1. The number of nitrogens with two attached hydrogens (primary N) is 1. The minimum Gasteiger partial charge on any atom is -0.456 e. The van der Waals surface area contributed by atoms with Gasteiger partial charge in [0, 0.05) is 50.4 Å². The molecule has 0 radical (unpaired) electrons. The molecule has 0 bridgehead atoms. The van der Waals surface area contributed by atoms with Crippen molar-refractivity contribution in [2.45, 2.75) is 69.9 Å². The quantitative estimate of drug-likeness (QED) is 0.0894. The first-order valence-electron chi connectivity index (χ1n) is 13.4. The number of hydrogen-bond acceptors (Lipinski definition) is 6. The van der Waals surface area contributed by atoms with Crippen molar-refractivity contribution in [2.24, 2.45) is 0 Å². The molecule has 3 heterocycles. The number of alkyl halides is 3. The third-order valence-electron chi connectivity index (χ3n) is 7.30. The van der Waals surface area contributed by atoms with Crippen molar-refractivity contribution in [3.8, 4) is 0 Å². The maximum atomic E-state index is 14.7. The highest BCUT2D eigenvalue weighted by Crippen LogP contribution is 2.40. The van der Waals surface area contributed by atoms with Crippen LogP contribution in [0.4, 0.5) is 23.2 Å². The van der Waals surface area contributed by atoms with Crippen molar-refractivity contribution < 1.29 is 41.4 Å². The zero-order valence-electron chi connectivity index (χ0n) is 23.4. The van der Waals surface area contributed by atoms with Gasteiger partial charge in [-0.15, -0.1) is 0 Å². The van der Waals surface area contributed by atoms with Crippen molar-refractivity contribution in [3.63, 3.8) is 0 Å². The Morgan fingerprint density at radius 1 is 1.17 bits per heavy atom. The van der Waals surface area contributed by atoms with Crippen LogP contribution < -0.4 is 5.73 Å². The monoisotopic (exact) mass is 629 g/mol. The summed E-state index contributed by atoms with van der Waals surface area (Å²) in [5, 5.41) is -0.147. The number of anilines is 1. The number of nitrogen functional groups attached to an aromatic ring is 1. The number of carbonyl (C=O) groups is 3. The Bertz CT molecular complexity index is 1420. The lowest BCUT2D eigenvalue weighted by atomic mass is 9.92. The second kappa shape index (κ2) is 12.2. The summed E-state index contributed by atoms with van der Waals surface area (Å²) in [5.74, 6) is -3.27. The molecule has 0 saturated carbocycles. The zero-order chi connectivity index (χ0) is 31.0. The molecule has 2 N–H and O–H groups in total. The van der Waals surface area contributed by atoms with Gasteiger partial charge in [0.25, 0.3) is 0 Å². The summed E-state index contributed by atoms with van der Waals surface area (Å²) < 4.78 is 67.5. The number of rotatable bonds is 10. The average Bonchev–Trinajstić information content (AvgIpc) is 3.52.